The summed E-state index contributed by atoms with van der Waals surface area (Å²) in [6.07, 6.45) is 4.78. The molecule has 0 unspecified atom stereocenters. The maximum absolute atomic E-state index is 6.41. The molecule has 2 heterocycles. The van der Waals surface area contributed by atoms with Crippen LogP contribution in [0.3, 0.4) is 0 Å². The van der Waals surface area contributed by atoms with E-state index >= 15 is 0 Å². The van der Waals surface area contributed by atoms with Crippen molar-refractivity contribution < 1.29 is 0 Å². The van der Waals surface area contributed by atoms with Gasteiger partial charge in [-0.15, -0.1) is 0 Å². The first-order valence-corrected chi connectivity index (χ1v) is 7.82. The van der Waals surface area contributed by atoms with Crippen molar-refractivity contribution in [2.24, 2.45) is 5.92 Å². The lowest BCUT2D eigenvalue weighted by atomic mass is 10.2. The molecule has 0 aliphatic rings. The van der Waals surface area contributed by atoms with Crippen molar-refractivity contribution in [3.63, 3.8) is 0 Å². The van der Waals surface area contributed by atoms with Crippen LogP contribution in [0.2, 0.25) is 0 Å². The van der Waals surface area contributed by atoms with E-state index in [2.05, 4.69) is 48.7 Å². The quantitative estimate of drug-likeness (QED) is 0.885. The summed E-state index contributed by atoms with van der Waals surface area (Å²) in [6.45, 7) is 12.7. The number of hydrogen-bond donors (Lipinski definition) is 1. The van der Waals surface area contributed by atoms with E-state index in [1.807, 2.05) is 12.5 Å². The molecule has 0 amide bonds. The number of anilines is 1. The van der Waals surface area contributed by atoms with Gasteiger partial charge in [0.25, 0.3) is 0 Å². The molecule has 21 heavy (non-hydrogen) atoms. The third kappa shape index (κ3) is 3.12. The molecule has 0 radical (unpaired) electrons. The van der Waals surface area contributed by atoms with Crippen LogP contribution >= 0.6 is 0 Å². The van der Waals surface area contributed by atoms with Crippen LogP contribution in [0.25, 0.3) is 11.4 Å². The predicted molar refractivity (Wildman–Crippen MR) is 87.1 cm³/mol. The number of nitrogens with two attached hydrogens (primary N) is 1. The van der Waals surface area contributed by atoms with Gasteiger partial charge in [-0.1, -0.05) is 34.6 Å². The van der Waals surface area contributed by atoms with E-state index in [1.54, 1.807) is 0 Å². The van der Waals surface area contributed by atoms with Gasteiger partial charge >= 0.3 is 0 Å². The van der Waals surface area contributed by atoms with Crippen molar-refractivity contribution in [1.82, 2.24) is 19.1 Å². The summed E-state index contributed by atoms with van der Waals surface area (Å²) >= 11 is 0. The van der Waals surface area contributed by atoms with Crippen LogP contribution in [0, 0.1) is 5.92 Å². The molecule has 2 aromatic rings. The standard InChI is InChI=1S/C16H27N5/c1-6-7-20-10-18-8-13(20)14-15(17)21(9-11(2)3)16(19-14)12(4)5/h8,10-12H,6-7,9,17H2,1-5H3. The molecule has 0 fully saturated rings. The van der Waals surface area contributed by atoms with Gasteiger partial charge < -0.3 is 14.9 Å². The summed E-state index contributed by atoms with van der Waals surface area (Å²) in [6, 6.07) is 0. The van der Waals surface area contributed by atoms with Gasteiger partial charge in [-0.25, -0.2) is 9.97 Å². The van der Waals surface area contributed by atoms with Crippen molar-refractivity contribution >= 4 is 5.82 Å². The third-order valence-corrected chi connectivity index (χ3v) is 3.52. The van der Waals surface area contributed by atoms with E-state index in [9.17, 15) is 0 Å². The van der Waals surface area contributed by atoms with Gasteiger partial charge in [0.05, 0.1) is 18.2 Å². The molecule has 116 valence electrons. The lowest BCUT2D eigenvalue weighted by molar-refractivity contribution is 0.502. The minimum Gasteiger partial charge on any atom is -0.383 e. The molecule has 2 N–H and O–H groups in total. The molecular formula is C16H27N5. The second kappa shape index (κ2) is 6.33. The molecule has 0 aliphatic carbocycles. The Labute approximate surface area is 127 Å². The first-order valence-electron chi connectivity index (χ1n) is 7.82. The second-order valence-corrected chi connectivity index (χ2v) is 6.34. The van der Waals surface area contributed by atoms with Crippen LogP contribution in [-0.2, 0) is 13.1 Å². The fraction of sp³-hybridized carbons (Fsp3) is 0.625. The topological polar surface area (TPSA) is 61.7 Å². The molecular weight excluding hydrogens is 262 g/mol. The Bertz CT molecular complexity index is 592. The van der Waals surface area contributed by atoms with Crippen molar-refractivity contribution in [2.45, 2.75) is 60.0 Å². The molecule has 0 saturated carbocycles. The highest BCUT2D eigenvalue weighted by molar-refractivity contribution is 5.68. The Morgan fingerprint density at radius 1 is 1.24 bits per heavy atom. The van der Waals surface area contributed by atoms with Crippen LogP contribution in [0.15, 0.2) is 12.5 Å². The zero-order valence-corrected chi connectivity index (χ0v) is 13.8. The molecule has 0 aliphatic heterocycles. The van der Waals surface area contributed by atoms with Gasteiger partial charge in [0.2, 0.25) is 0 Å². The van der Waals surface area contributed by atoms with Crippen molar-refractivity contribution in [2.75, 3.05) is 5.73 Å². The summed E-state index contributed by atoms with van der Waals surface area (Å²) < 4.78 is 4.29. The van der Waals surface area contributed by atoms with E-state index in [0.29, 0.717) is 11.8 Å². The lowest BCUT2D eigenvalue weighted by Crippen LogP contribution is -2.12. The molecule has 5 nitrogen and oxygen atoms in total. The molecule has 5 heteroatoms. The largest absolute Gasteiger partial charge is 0.383 e. The van der Waals surface area contributed by atoms with Gasteiger partial charge in [-0.2, -0.15) is 0 Å². The smallest absolute Gasteiger partial charge is 0.133 e. The van der Waals surface area contributed by atoms with Gasteiger partial charge in [-0.3, -0.25) is 0 Å². The maximum atomic E-state index is 6.41. The zero-order chi connectivity index (χ0) is 15.6. The van der Waals surface area contributed by atoms with Crippen molar-refractivity contribution in [3.8, 4) is 11.4 Å². The molecule has 0 saturated heterocycles. The van der Waals surface area contributed by atoms with Crippen molar-refractivity contribution in [3.05, 3.63) is 18.3 Å². The minimum absolute atomic E-state index is 0.349. The van der Waals surface area contributed by atoms with Crippen LogP contribution < -0.4 is 5.73 Å². The third-order valence-electron chi connectivity index (χ3n) is 3.52. The monoisotopic (exact) mass is 289 g/mol. The Balaban J connectivity index is 2.51. The first kappa shape index (κ1) is 15.6. The number of nitrogens with zero attached hydrogens (tertiary/aromatic N) is 4. The average molecular weight is 289 g/mol. The molecule has 0 bridgehead atoms. The lowest BCUT2D eigenvalue weighted by Gasteiger charge is -2.14. The number of rotatable bonds is 6. The Morgan fingerprint density at radius 2 is 1.95 bits per heavy atom. The van der Waals surface area contributed by atoms with Gasteiger partial charge in [0.15, 0.2) is 0 Å². The average Bonchev–Trinajstić information content (AvgIpc) is 2.96. The fourth-order valence-electron chi connectivity index (χ4n) is 2.61. The van der Waals surface area contributed by atoms with Crippen LogP contribution in [0.5, 0.6) is 0 Å². The van der Waals surface area contributed by atoms with Gasteiger partial charge in [-0.05, 0) is 12.3 Å². The number of hydrogen-bond acceptors (Lipinski definition) is 3. The molecule has 0 spiro atoms. The molecule has 2 rings (SSSR count). The summed E-state index contributed by atoms with van der Waals surface area (Å²) in [5, 5.41) is 0. The Morgan fingerprint density at radius 3 is 2.52 bits per heavy atom. The first-order chi connectivity index (χ1) is 9.95. The van der Waals surface area contributed by atoms with E-state index in [0.717, 1.165) is 42.5 Å². The Kier molecular flexibility index (Phi) is 4.70. The summed E-state index contributed by atoms with van der Waals surface area (Å²) in [4.78, 5) is 9.09. The Hall–Kier alpha value is -1.78. The summed E-state index contributed by atoms with van der Waals surface area (Å²) in [7, 11) is 0. The number of aromatic nitrogens is 4. The SMILES string of the molecule is CCCn1cncc1-c1nc(C(C)C)n(CC(C)C)c1N. The van der Waals surface area contributed by atoms with E-state index in [-0.39, 0.29) is 0 Å². The minimum atomic E-state index is 0.349. The van der Waals surface area contributed by atoms with Crippen LogP contribution in [0.1, 0.15) is 52.8 Å². The highest BCUT2D eigenvalue weighted by atomic mass is 15.2. The molecule has 0 atom stereocenters. The van der Waals surface area contributed by atoms with Gasteiger partial charge in [0.1, 0.15) is 17.3 Å². The summed E-state index contributed by atoms with van der Waals surface area (Å²) in [5.74, 6) is 2.69. The second-order valence-electron chi connectivity index (χ2n) is 6.34. The normalized spacial score (nSPS) is 11.8. The van der Waals surface area contributed by atoms with Crippen LogP contribution in [0.4, 0.5) is 5.82 Å². The fourth-order valence-corrected chi connectivity index (χ4v) is 2.61. The summed E-state index contributed by atoms with van der Waals surface area (Å²) in [5.41, 5.74) is 8.28. The van der Waals surface area contributed by atoms with E-state index < -0.39 is 0 Å². The van der Waals surface area contributed by atoms with E-state index in [4.69, 9.17) is 10.7 Å². The van der Waals surface area contributed by atoms with Gasteiger partial charge in [0, 0.05) is 19.0 Å². The molecule has 0 aromatic carbocycles. The van der Waals surface area contributed by atoms with Crippen LogP contribution in [-0.4, -0.2) is 19.1 Å². The molecule has 2 aromatic heterocycles. The number of nitrogen functional groups attached to an aromatic ring is 1. The highest BCUT2D eigenvalue weighted by Crippen LogP contribution is 2.30. The highest BCUT2D eigenvalue weighted by Gasteiger charge is 2.20. The number of aryl methyl sites for hydroxylation is 1. The predicted octanol–water partition coefficient (Wildman–Crippen LogP) is 3.52. The van der Waals surface area contributed by atoms with Crippen molar-refractivity contribution in [1.29, 1.82) is 0 Å². The number of imidazole rings is 2. The zero-order valence-electron chi connectivity index (χ0n) is 13.8. The maximum Gasteiger partial charge on any atom is 0.133 e. The van der Waals surface area contributed by atoms with E-state index in [1.165, 1.54) is 0 Å².